The second-order valence-electron chi connectivity index (χ2n) is 4.56. The van der Waals surface area contributed by atoms with Crippen LogP contribution in [0.15, 0.2) is 22.7 Å². The lowest BCUT2D eigenvalue weighted by molar-refractivity contribution is -0.137. The number of carboxylic acid groups (broad SMARTS) is 1. The molecular weight excluding hydrogens is 301 g/mol. The molecule has 1 aromatic carbocycles. The predicted molar refractivity (Wildman–Crippen MR) is 69.8 cm³/mol. The number of carboxylic acids is 1. The van der Waals surface area contributed by atoms with Gasteiger partial charge >= 0.3 is 5.97 Å². The highest BCUT2D eigenvalue weighted by molar-refractivity contribution is 9.10. The van der Waals surface area contributed by atoms with E-state index in [0.717, 1.165) is 18.4 Å². The van der Waals surface area contributed by atoms with Crippen molar-refractivity contribution in [3.05, 3.63) is 34.1 Å². The molecule has 1 saturated carbocycles. The van der Waals surface area contributed by atoms with E-state index in [9.17, 15) is 9.18 Å². The van der Waals surface area contributed by atoms with Crippen LogP contribution in [0.3, 0.4) is 0 Å². The van der Waals surface area contributed by atoms with Gasteiger partial charge in [0.15, 0.2) is 0 Å². The molecule has 98 valence electrons. The number of aliphatic carboxylic acids is 1. The smallest absolute Gasteiger partial charge is 0.304 e. The maximum Gasteiger partial charge on any atom is 0.304 e. The highest BCUT2D eigenvalue weighted by Crippen LogP contribution is 2.30. The van der Waals surface area contributed by atoms with Gasteiger partial charge in [-0.1, -0.05) is 12.1 Å². The summed E-state index contributed by atoms with van der Waals surface area (Å²) in [6.07, 6.45) is 2.34. The number of hydrogen-bond acceptors (Lipinski definition) is 2. The van der Waals surface area contributed by atoms with Gasteiger partial charge in [-0.05, 0) is 40.4 Å². The standard InChI is InChI=1S/C13H15BrFNO2/c14-13-9(2-1-3-11(13)15)8-16(10-4-5-10)7-6-12(17)18/h1-3,10H,4-8H2,(H,17,18). The summed E-state index contributed by atoms with van der Waals surface area (Å²) in [7, 11) is 0. The Hall–Kier alpha value is -0.940. The molecule has 0 unspecified atom stereocenters. The fourth-order valence-electron chi connectivity index (χ4n) is 1.96. The summed E-state index contributed by atoms with van der Waals surface area (Å²) in [5, 5.41) is 8.73. The summed E-state index contributed by atoms with van der Waals surface area (Å²) < 4.78 is 13.9. The van der Waals surface area contributed by atoms with Crippen molar-refractivity contribution >= 4 is 21.9 Å². The normalized spacial score (nSPS) is 15.1. The van der Waals surface area contributed by atoms with Crippen LogP contribution >= 0.6 is 15.9 Å². The first-order valence-electron chi connectivity index (χ1n) is 5.96. The van der Waals surface area contributed by atoms with Crippen LogP contribution in [-0.4, -0.2) is 28.6 Å². The predicted octanol–water partition coefficient (Wildman–Crippen LogP) is 3.03. The van der Waals surface area contributed by atoms with Gasteiger partial charge in [-0.3, -0.25) is 9.69 Å². The fraction of sp³-hybridized carbons (Fsp3) is 0.462. The van der Waals surface area contributed by atoms with Gasteiger partial charge in [0.05, 0.1) is 10.9 Å². The molecule has 0 bridgehead atoms. The van der Waals surface area contributed by atoms with E-state index in [-0.39, 0.29) is 12.2 Å². The minimum atomic E-state index is -0.793. The van der Waals surface area contributed by atoms with Crippen molar-refractivity contribution in [1.29, 1.82) is 0 Å². The van der Waals surface area contributed by atoms with Crippen LogP contribution in [0.2, 0.25) is 0 Å². The van der Waals surface area contributed by atoms with E-state index in [4.69, 9.17) is 5.11 Å². The Labute approximate surface area is 114 Å². The molecule has 0 spiro atoms. The molecule has 3 nitrogen and oxygen atoms in total. The highest BCUT2D eigenvalue weighted by atomic mass is 79.9. The number of carbonyl (C=O) groups is 1. The number of nitrogens with zero attached hydrogens (tertiary/aromatic N) is 1. The second kappa shape index (κ2) is 5.80. The first-order valence-corrected chi connectivity index (χ1v) is 6.76. The van der Waals surface area contributed by atoms with Gasteiger partial charge in [-0.15, -0.1) is 0 Å². The summed E-state index contributed by atoms with van der Waals surface area (Å²) in [6, 6.07) is 5.41. The minimum absolute atomic E-state index is 0.128. The van der Waals surface area contributed by atoms with Crippen LogP contribution in [-0.2, 0) is 11.3 Å². The molecule has 0 heterocycles. The molecular formula is C13H15BrFNO2. The van der Waals surface area contributed by atoms with E-state index < -0.39 is 5.97 Å². The topological polar surface area (TPSA) is 40.5 Å². The zero-order chi connectivity index (χ0) is 13.1. The van der Waals surface area contributed by atoms with Crippen LogP contribution in [0.5, 0.6) is 0 Å². The lowest BCUT2D eigenvalue weighted by Gasteiger charge is -2.21. The summed E-state index contributed by atoms with van der Waals surface area (Å²) in [4.78, 5) is 12.7. The van der Waals surface area contributed by atoms with Gasteiger partial charge in [-0.2, -0.15) is 0 Å². The summed E-state index contributed by atoms with van der Waals surface area (Å²) >= 11 is 3.24. The highest BCUT2D eigenvalue weighted by Gasteiger charge is 2.29. The molecule has 0 radical (unpaired) electrons. The molecule has 0 atom stereocenters. The van der Waals surface area contributed by atoms with Crippen molar-refractivity contribution in [3.63, 3.8) is 0 Å². The van der Waals surface area contributed by atoms with Gasteiger partial charge in [0, 0.05) is 19.1 Å². The van der Waals surface area contributed by atoms with Crippen molar-refractivity contribution in [1.82, 2.24) is 4.90 Å². The van der Waals surface area contributed by atoms with E-state index in [1.165, 1.54) is 6.07 Å². The maximum absolute atomic E-state index is 13.4. The maximum atomic E-state index is 13.4. The minimum Gasteiger partial charge on any atom is -0.481 e. The molecule has 0 aliphatic heterocycles. The van der Waals surface area contributed by atoms with Gasteiger partial charge in [0.25, 0.3) is 0 Å². The molecule has 5 heteroatoms. The molecule has 1 fully saturated rings. The third-order valence-electron chi connectivity index (χ3n) is 3.08. The first kappa shape index (κ1) is 13.5. The molecule has 2 rings (SSSR count). The average molecular weight is 316 g/mol. The Morgan fingerprint density at radius 3 is 2.83 bits per heavy atom. The van der Waals surface area contributed by atoms with Crippen molar-refractivity contribution in [3.8, 4) is 0 Å². The molecule has 18 heavy (non-hydrogen) atoms. The molecule has 1 aliphatic rings. The third kappa shape index (κ3) is 3.53. The van der Waals surface area contributed by atoms with Crippen LogP contribution in [0.25, 0.3) is 0 Å². The third-order valence-corrected chi connectivity index (χ3v) is 3.97. The summed E-state index contributed by atoms with van der Waals surface area (Å²) in [5.74, 6) is -1.07. The van der Waals surface area contributed by atoms with Crippen molar-refractivity contribution < 1.29 is 14.3 Å². The van der Waals surface area contributed by atoms with E-state index in [0.29, 0.717) is 23.6 Å². The lowest BCUT2D eigenvalue weighted by Crippen LogP contribution is -2.28. The van der Waals surface area contributed by atoms with Gasteiger partial charge in [-0.25, -0.2) is 4.39 Å². The van der Waals surface area contributed by atoms with Crippen molar-refractivity contribution in [2.45, 2.75) is 31.8 Å². The fourth-order valence-corrected chi connectivity index (χ4v) is 2.35. The molecule has 0 aromatic heterocycles. The number of hydrogen-bond donors (Lipinski definition) is 1. The Kier molecular flexibility index (Phi) is 4.35. The van der Waals surface area contributed by atoms with Gasteiger partial charge < -0.3 is 5.11 Å². The SMILES string of the molecule is O=C(O)CCN(Cc1cccc(F)c1Br)C1CC1. The Morgan fingerprint density at radius 1 is 1.50 bits per heavy atom. The van der Waals surface area contributed by atoms with Crippen LogP contribution in [0, 0.1) is 5.82 Å². The number of halogens is 2. The van der Waals surface area contributed by atoms with Gasteiger partial charge in [0.2, 0.25) is 0 Å². The zero-order valence-corrected chi connectivity index (χ0v) is 11.5. The van der Waals surface area contributed by atoms with Crippen LogP contribution < -0.4 is 0 Å². The Balaban J connectivity index is 2.04. The monoisotopic (exact) mass is 315 g/mol. The van der Waals surface area contributed by atoms with E-state index in [1.807, 2.05) is 6.07 Å². The molecule has 0 saturated heterocycles. The average Bonchev–Trinajstić information content (AvgIpc) is 3.13. The Bertz CT molecular complexity index is 449. The quantitative estimate of drug-likeness (QED) is 0.877. The van der Waals surface area contributed by atoms with E-state index >= 15 is 0 Å². The Morgan fingerprint density at radius 2 is 2.22 bits per heavy atom. The summed E-state index contributed by atoms with van der Waals surface area (Å²) in [5.41, 5.74) is 0.868. The van der Waals surface area contributed by atoms with Crippen LogP contribution in [0.4, 0.5) is 4.39 Å². The molecule has 0 amide bonds. The molecule has 1 aromatic rings. The first-order chi connectivity index (χ1) is 8.58. The van der Waals surface area contributed by atoms with Crippen molar-refractivity contribution in [2.75, 3.05) is 6.54 Å². The largest absolute Gasteiger partial charge is 0.481 e. The van der Waals surface area contributed by atoms with Crippen LogP contribution in [0.1, 0.15) is 24.8 Å². The zero-order valence-electron chi connectivity index (χ0n) is 9.90. The second-order valence-corrected chi connectivity index (χ2v) is 5.35. The van der Waals surface area contributed by atoms with E-state index in [1.54, 1.807) is 6.07 Å². The number of rotatable bonds is 6. The lowest BCUT2D eigenvalue weighted by atomic mass is 10.2. The molecule has 1 N–H and O–H groups in total. The number of benzene rings is 1. The van der Waals surface area contributed by atoms with Gasteiger partial charge in [0.1, 0.15) is 5.82 Å². The van der Waals surface area contributed by atoms with Crippen molar-refractivity contribution in [2.24, 2.45) is 0 Å². The van der Waals surface area contributed by atoms with E-state index in [2.05, 4.69) is 20.8 Å². The molecule has 1 aliphatic carbocycles. The summed E-state index contributed by atoms with van der Waals surface area (Å²) in [6.45, 7) is 1.11.